The average Bonchev–Trinajstić information content (AvgIpc) is 2.54. The first-order chi connectivity index (χ1) is 7.97. The van der Waals surface area contributed by atoms with Gasteiger partial charge in [0.25, 0.3) is 0 Å². The molecule has 1 spiro atoms. The Morgan fingerprint density at radius 2 is 2.24 bits per heavy atom. The lowest BCUT2D eigenvalue weighted by atomic mass is 9.58. The van der Waals surface area contributed by atoms with Crippen LogP contribution in [-0.2, 0) is 16.4 Å². The van der Waals surface area contributed by atoms with Gasteiger partial charge < -0.3 is 5.32 Å². The van der Waals surface area contributed by atoms with E-state index in [0.29, 0.717) is 16.2 Å². The second-order valence-corrected chi connectivity index (χ2v) is 7.56. The molecule has 0 amide bonds. The van der Waals surface area contributed by atoms with E-state index in [-0.39, 0.29) is 0 Å². The van der Waals surface area contributed by atoms with Gasteiger partial charge in [0.15, 0.2) is 9.84 Å². The van der Waals surface area contributed by atoms with Gasteiger partial charge >= 0.3 is 0 Å². The second kappa shape index (κ2) is 3.55. The van der Waals surface area contributed by atoms with Crippen LogP contribution in [0.3, 0.4) is 0 Å². The maximum absolute atomic E-state index is 11.3. The van der Waals surface area contributed by atoms with Crippen LogP contribution in [0.15, 0.2) is 17.3 Å². The molecule has 1 N–H and O–H groups in total. The third kappa shape index (κ3) is 1.99. The molecule has 6 heteroatoms. The Morgan fingerprint density at radius 3 is 2.71 bits per heavy atom. The summed E-state index contributed by atoms with van der Waals surface area (Å²) in [5.74, 6) is 0.657. The normalized spacial score (nSPS) is 23.4. The maximum Gasteiger partial charge on any atom is 0.178 e. The van der Waals surface area contributed by atoms with Gasteiger partial charge in [-0.15, -0.1) is 0 Å². The number of aromatic nitrogens is 2. The molecule has 5 nitrogen and oxygen atoms in total. The summed E-state index contributed by atoms with van der Waals surface area (Å²) in [5.41, 5.74) is 0.567. The molecule has 2 heterocycles. The van der Waals surface area contributed by atoms with E-state index in [2.05, 4.69) is 10.4 Å². The van der Waals surface area contributed by atoms with E-state index in [1.165, 1.54) is 25.3 Å². The molecule has 1 aromatic heterocycles. The van der Waals surface area contributed by atoms with Crippen LogP contribution < -0.4 is 5.32 Å². The minimum Gasteiger partial charge on any atom is -0.316 e. The second-order valence-electron chi connectivity index (χ2n) is 5.55. The molecule has 1 saturated heterocycles. The first-order valence-corrected chi connectivity index (χ1v) is 7.79. The van der Waals surface area contributed by atoms with Gasteiger partial charge in [0.1, 0.15) is 4.90 Å². The van der Waals surface area contributed by atoms with Crippen LogP contribution in [0, 0.1) is 11.3 Å². The molecule has 1 aromatic rings. The van der Waals surface area contributed by atoms with E-state index >= 15 is 0 Å². The summed E-state index contributed by atoms with van der Waals surface area (Å²) in [6.45, 7) is 3.14. The van der Waals surface area contributed by atoms with Crippen LogP contribution in [-0.4, -0.2) is 37.5 Å². The summed E-state index contributed by atoms with van der Waals surface area (Å²) in [4.78, 5) is 0.317. The van der Waals surface area contributed by atoms with Crippen molar-refractivity contribution in [3.63, 3.8) is 0 Å². The summed E-state index contributed by atoms with van der Waals surface area (Å²) in [5, 5.41) is 7.43. The molecule has 1 aliphatic heterocycles. The van der Waals surface area contributed by atoms with E-state index in [9.17, 15) is 8.42 Å². The van der Waals surface area contributed by atoms with Gasteiger partial charge in [0.2, 0.25) is 0 Å². The fourth-order valence-corrected chi connectivity index (χ4v) is 3.51. The van der Waals surface area contributed by atoms with Crippen molar-refractivity contribution in [2.24, 2.45) is 11.3 Å². The molecule has 1 saturated carbocycles. The zero-order chi connectivity index (χ0) is 12.1. The zero-order valence-electron chi connectivity index (χ0n) is 9.89. The van der Waals surface area contributed by atoms with Gasteiger partial charge in [-0.2, -0.15) is 5.10 Å². The van der Waals surface area contributed by atoms with Crippen molar-refractivity contribution in [2.45, 2.75) is 24.3 Å². The minimum absolute atomic E-state index is 0.317. The number of rotatable bonds is 3. The van der Waals surface area contributed by atoms with Crippen molar-refractivity contribution < 1.29 is 8.42 Å². The van der Waals surface area contributed by atoms with Gasteiger partial charge in [0, 0.05) is 32.1 Å². The monoisotopic (exact) mass is 255 g/mol. The van der Waals surface area contributed by atoms with Crippen molar-refractivity contribution in [2.75, 3.05) is 19.3 Å². The van der Waals surface area contributed by atoms with Crippen molar-refractivity contribution in [1.82, 2.24) is 15.1 Å². The SMILES string of the molecule is CS(=O)(=O)c1cnn(CC2CC3(CNC3)C2)c1. The maximum atomic E-state index is 11.3. The molecule has 0 radical (unpaired) electrons. The summed E-state index contributed by atoms with van der Waals surface area (Å²) in [7, 11) is -3.12. The van der Waals surface area contributed by atoms with E-state index < -0.39 is 9.84 Å². The Kier molecular flexibility index (Phi) is 2.35. The van der Waals surface area contributed by atoms with Gasteiger partial charge in [0.05, 0.1) is 6.20 Å². The summed E-state index contributed by atoms with van der Waals surface area (Å²) >= 11 is 0. The molecule has 2 aliphatic rings. The number of hydrogen-bond acceptors (Lipinski definition) is 4. The first kappa shape index (κ1) is 11.2. The number of nitrogens with one attached hydrogen (secondary N) is 1. The lowest BCUT2D eigenvalue weighted by Gasteiger charge is -2.54. The third-order valence-corrected chi connectivity index (χ3v) is 4.99. The van der Waals surface area contributed by atoms with Crippen LogP contribution in [0.4, 0.5) is 0 Å². The average molecular weight is 255 g/mol. The van der Waals surface area contributed by atoms with E-state index in [1.54, 1.807) is 10.9 Å². The smallest absolute Gasteiger partial charge is 0.178 e. The lowest BCUT2D eigenvalue weighted by molar-refractivity contribution is -0.00864. The van der Waals surface area contributed by atoms with Crippen LogP contribution in [0.25, 0.3) is 0 Å². The van der Waals surface area contributed by atoms with E-state index in [1.807, 2.05) is 0 Å². The highest BCUT2D eigenvalue weighted by Gasteiger charge is 2.48. The molecule has 0 bridgehead atoms. The van der Waals surface area contributed by atoms with Crippen molar-refractivity contribution in [3.05, 3.63) is 12.4 Å². The quantitative estimate of drug-likeness (QED) is 0.843. The highest BCUT2D eigenvalue weighted by molar-refractivity contribution is 7.90. The molecule has 2 fully saturated rings. The predicted octanol–water partition coefficient (Wildman–Crippen LogP) is 0.286. The fourth-order valence-electron chi connectivity index (χ4n) is 2.96. The highest BCUT2D eigenvalue weighted by atomic mass is 32.2. The predicted molar refractivity (Wildman–Crippen MR) is 63.4 cm³/mol. The molecule has 1 aliphatic carbocycles. The third-order valence-electron chi connectivity index (χ3n) is 3.93. The largest absolute Gasteiger partial charge is 0.316 e. The zero-order valence-corrected chi connectivity index (χ0v) is 10.7. The van der Waals surface area contributed by atoms with Crippen LogP contribution in [0.1, 0.15) is 12.8 Å². The van der Waals surface area contributed by atoms with E-state index in [0.717, 1.165) is 19.6 Å². The van der Waals surface area contributed by atoms with Crippen LogP contribution in [0.2, 0.25) is 0 Å². The minimum atomic E-state index is -3.12. The molecule has 0 unspecified atom stereocenters. The Balaban J connectivity index is 1.61. The van der Waals surface area contributed by atoms with Crippen LogP contribution in [0.5, 0.6) is 0 Å². The van der Waals surface area contributed by atoms with Crippen LogP contribution >= 0.6 is 0 Å². The Hall–Kier alpha value is -0.880. The Morgan fingerprint density at radius 1 is 1.53 bits per heavy atom. The van der Waals surface area contributed by atoms with Crippen molar-refractivity contribution in [1.29, 1.82) is 0 Å². The van der Waals surface area contributed by atoms with Gasteiger partial charge in [-0.1, -0.05) is 0 Å². The summed E-state index contributed by atoms with van der Waals surface area (Å²) in [6.07, 6.45) is 6.78. The molecule has 0 atom stereocenters. The standard InChI is InChI=1S/C11H17N3O2S/c1-17(15,16)10-4-13-14(6-10)5-9-2-11(3-9)7-12-8-11/h4,6,9,12H,2-3,5,7-8H2,1H3. The number of sulfone groups is 1. The molecular weight excluding hydrogens is 238 g/mol. The van der Waals surface area contributed by atoms with E-state index in [4.69, 9.17) is 0 Å². The van der Waals surface area contributed by atoms with Gasteiger partial charge in [-0.3, -0.25) is 4.68 Å². The molecule has 3 rings (SSSR count). The Bertz CT molecular complexity index is 523. The topological polar surface area (TPSA) is 64.0 Å². The molecular formula is C11H17N3O2S. The molecule has 17 heavy (non-hydrogen) atoms. The van der Waals surface area contributed by atoms with Crippen molar-refractivity contribution in [3.8, 4) is 0 Å². The summed E-state index contributed by atoms with van der Waals surface area (Å²) in [6, 6.07) is 0. The highest BCUT2D eigenvalue weighted by Crippen LogP contribution is 2.48. The van der Waals surface area contributed by atoms with Crippen molar-refractivity contribution >= 4 is 9.84 Å². The first-order valence-electron chi connectivity index (χ1n) is 5.90. The Labute approximate surface area is 101 Å². The van der Waals surface area contributed by atoms with Gasteiger partial charge in [-0.25, -0.2) is 8.42 Å². The molecule has 94 valence electrons. The molecule has 0 aromatic carbocycles. The summed E-state index contributed by atoms with van der Waals surface area (Å²) < 4.78 is 24.4. The number of hydrogen-bond donors (Lipinski definition) is 1. The van der Waals surface area contributed by atoms with Gasteiger partial charge in [-0.05, 0) is 24.2 Å². The fraction of sp³-hybridized carbons (Fsp3) is 0.727. The number of nitrogens with zero attached hydrogens (tertiary/aromatic N) is 2. The lowest BCUT2D eigenvalue weighted by Crippen LogP contribution is -2.60.